The van der Waals surface area contributed by atoms with Crippen molar-refractivity contribution in [3.05, 3.63) is 48.5 Å². The van der Waals surface area contributed by atoms with Gasteiger partial charge in [-0.15, -0.1) is 0 Å². The van der Waals surface area contributed by atoms with E-state index < -0.39 is 38.3 Å². The van der Waals surface area contributed by atoms with Gasteiger partial charge < -0.3 is 22.7 Å². The Hall–Kier alpha value is -3.36. The maximum absolute atomic E-state index is 12.6. The number of hydrogen-bond acceptors (Lipinski definition) is 11. The van der Waals surface area contributed by atoms with Crippen LogP contribution in [0.25, 0.3) is 0 Å². The van der Waals surface area contributed by atoms with Gasteiger partial charge in [0.1, 0.15) is 27.3 Å². The molecule has 0 radical (unpaired) electrons. The van der Waals surface area contributed by atoms with E-state index in [0.717, 1.165) is 0 Å². The summed E-state index contributed by atoms with van der Waals surface area (Å²) in [6.45, 7) is 0.294. The number of benzene rings is 2. The first kappa shape index (κ1) is 26.7. The number of rotatable bonds is 7. The third kappa shape index (κ3) is 5.97. The molecular formula is C23H26N2O10S2. The zero-order valence-electron chi connectivity index (χ0n) is 20.0. The van der Waals surface area contributed by atoms with Crippen LogP contribution in [0.1, 0.15) is 12.8 Å². The minimum Gasteiger partial charge on any atom is -0.497 e. The van der Waals surface area contributed by atoms with E-state index in [-0.39, 0.29) is 34.8 Å². The summed E-state index contributed by atoms with van der Waals surface area (Å²) in [4.78, 5) is 26.1. The van der Waals surface area contributed by atoms with Crippen LogP contribution in [-0.2, 0) is 33.4 Å². The Balaban J connectivity index is 1.34. The maximum atomic E-state index is 12.6. The monoisotopic (exact) mass is 554 g/mol. The fourth-order valence-corrected chi connectivity index (χ4v) is 6.08. The van der Waals surface area contributed by atoms with Crippen LogP contribution in [-0.4, -0.2) is 73.2 Å². The van der Waals surface area contributed by atoms with Gasteiger partial charge in [-0.3, -0.25) is 5.32 Å². The van der Waals surface area contributed by atoms with E-state index in [1.165, 1.54) is 67.7 Å². The SMILES string of the molecule is COc1ccc(S(=O)(=O)OC(=O)C2CC3CCN(C(=O)OS(=O)(=O)c4ccc(OC)cc4)CC3N2)cc1. The van der Waals surface area contributed by atoms with E-state index >= 15 is 0 Å². The molecule has 0 aliphatic carbocycles. The van der Waals surface area contributed by atoms with Crippen molar-refractivity contribution in [2.24, 2.45) is 5.92 Å². The summed E-state index contributed by atoms with van der Waals surface area (Å²) in [5.41, 5.74) is 0. The first-order chi connectivity index (χ1) is 17.5. The molecule has 1 amide bonds. The van der Waals surface area contributed by atoms with E-state index in [9.17, 15) is 26.4 Å². The van der Waals surface area contributed by atoms with E-state index in [1.54, 1.807) is 0 Å². The number of hydrogen-bond donors (Lipinski definition) is 1. The highest BCUT2D eigenvalue weighted by Gasteiger charge is 2.43. The van der Waals surface area contributed by atoms with Gasteiger partial charge in [-0.1, -0.05) is 0 Å². The van der Waals surface area contributed by atoms with Crippen molar-refractivity contribution in [3.8, 4) is 11.5 Å². The van der Waals surface area contributed by atoms with Gasteiger partial charge in [0.25, 0.3) is 0 Å². The van der Waals surface area contributed by atoms with Crippen LogP contribution in [0.5, 0.6) is 11.5 Å². The van der Waals surface area contributed by atoms with Gasteiger partial charge in [-0.2, -0.15) is 16.8 Å². The van der Waals surface area contributed by atoms with Gasteiger partial charge in [-0.05, 0) is 67.3 Å². The molecule has 3 atom stereocenters. The number of ether oxygens (including phenoxy) is 2. The average molecular weight is 555 g/mol. The Morgan fingerprint density at radius 2 is 1.35 bits per heavy atom. The van der Waals surface area contributed by atoms with Gasteiger partial charge >= 0.3 is 32.3 Å². The zero-order chi connectivity index (χ0) is 26.8. The predicted octanol–water partition coefficient (Wildman–Crippen LogP) is 1.51. The van der Waals surface area contributed by atoms with Gasteiger partial charge in [0.15, 0.2) is 0 Å². The molecule has 0 aromatic heterocycles. The average Bonchev–Trinajstić information content (AvgIpc) is 3.32. The lowest BCUT2D eigenvalue weighted by atomic mass is 9.92. The van der Waals surface area contributed by atoms with Crippen molar-refractivity contribution in [1.29, 1.82) is 0 Å². The smallest absolute Gasteiger partial charge is 0.425 e. The molecule has 2 aromatic rings. The van der Waals surface area contributed by atoms with Crippen LogP contribution in [0.15, 0.2) is 58.3 Å². The normalized spacial score (nSPS) is 21.6. The van der Waals surface area contributed by atoms with Gasteiger partial charge in [0, 0.05) is 19.1 Å². The summed E-state index contributed by atoms with van der Waals surface area (Å²) in [7, 11) is -5.80. The van der Waals surface area contributed by atoms with Crippen LogP contribution in [0, 0.1) is 5.92 Å². The Morgan fingerprint density at radius 1 is 0.838 bits per heavy atom. The highest BCUT2D eigenvalue weighted by Crippen LogP contribution is 2.30. The topological polar surface area (TPSA) is 155 Å². The highest BCUT2D eigenvalue weighted by atomic mass is 32.2. The first-order valence-corrected chi connectivity index (χ1v) is 14.1. The molecule has 0 saturated carbocycles. The molecule has 1 N–H and O–H groups in total. The van der Waals surface area contributed by atoms with E-state index in [1.807, 2.05) is 0 Å². The molecule has 200 valence electrons. The van der Waals surface area contributed by atoms with Crippen molar-refractivity contribution in [2.45, 2.75) is 34.7 Å². The predicted molar refractivity (Wildman–Crippen MR) is 128 cm³/mol. The molecule has 37 heavy (non-hydrogen) atoms. The third-order valence-corrected chi connectivity index (χ3v) is 8.77. The lowest BCUT2D eigenvalue weighted by Crippen LogP contribution is -2.50. The molecule has 2 aliphatic heterocycles. The summed E-state index contributed by atoms with van der Waals surface area (Å²) in [6, 6.07) is 9.54. The van der Waals surface area contributed by atoms with Crippen molar-refractivity contribution in [2.75, 3.05) is 27.3 Å². The van der Waals surface area contributed by atoms with Crippen LogP contribution >= 0.6 is 0 Å². The van der Waals surface area contributed by atoms with Gasteiger partial charge in [-0.25, -0.2) is 9.59 Å². The van der Waals surface area contributed by atoms with Gasteiger partial charge in [0.2, 0.25) is 0 Å². The molecule has 2 saturated heterocycles. The van der Waals surface area contributed by atoms with Crippen LogP contribution in [0.3, 0.4) is 0 Å². The molecule has 2 heterocycles. The standard InChI is InChI=1S/C23H26N2O10S2/c1-32-16-3-7-18(8-4-16)36(28,29)34-22(26)20-13-15-11-12-25(14-21(15)24-20)23(27)35-37(30,31)19-9-5-17(33-2)6-10-19/h3-10,15,20-21,24H,11-14H2,1-2H3. The third-order valence-electron chi connectivity index (χ3n) is 6.32. The number of piperidine rings is 1. The summed E-state index contributed by atoms with van der Waals surface area (Å²) in [5, 5.41) is 3.01. The summed E-state index contributed by atoms with van der Waals surface area (Å²) < 4.78 is 69.6. The Labute approximate surface area is 214 Å². The van der Waals surface area contributed by atoms with Crippen molar-refractivity contribution in [1.82, 2.24) is 10.2 Å². The number of methoxy groups -OCH3 is 2. The minimum atomic E-state index is -4.35. The molecule has 2 aromatic carbocycles. The second-order valence-electron chi connectivity index (χ2n) is 8.57. The number of fused-ring (bicyclic) bond motifs is 1. The van der Waals surface area contributed by atoms with Gasteiger partial charge in [0.05, 0.1) is 14.2 Å². The molecule has 0 spiro atoms. The number of nitrogens with zero attached hydrogens (tertiary/aromatic N) is 1. The molecule has 0 bridgehead atoms. The molecule has 4 rings (SSSR count). The molecule has 2 fully saturated rings. The zero-order valence-corrected chi connectivity index (χ0v) is 21.7. The second kappa shape index (κ2) is 10.6. The van der Waals surface area contributed by atoms with E-state index in [0.29, 0.717) is 24.3 Å². The van der Waals surface area contributed by atoms with E-state index in [2.05, 4.69) is 5.32 Å². The Bertz CT molecular complexity index is 1270. The second-order valence-corrected chi connectivity index (χ2v) is 11.7. The fraction of sp³-hybridized carbons (Fsp3) is 0.391. The molecule has 3 unspecified atom stereocenters. The number of likely N-dealkylation sites (tertiary alicyclic amines) is 1. The van der Waals surface area contributed by atoms with Crippen LogP contribution < -0.4 is 14.8 Å². The largest absolute Gasteiger partial charge is 0.497 e. The number of carbonyl (C=O) groups is 2. The molecule has 14 heteroatoms. The van der Waals surface area contributed by atoms with Crippen LogP contribution in [0.2, 0.25) is 0 Å². The first-order valence-electron chi connectivity index (χ1n) is 11.3. The van der Waals surface area contributed by atoms with E-state index in [4.69, 9.17) is 17.8 Å². The number of carbonyl (C=O) groups excluding carboxylic acids is 2. The quantitative estimate of drug-likeness (QED) is 0.495. The minimum absolute atomic E-state index is 0.0384. The van der Waals surface area contributed by atoms with Crippen LogP contribution in [0.4, 0.5) is 4.79 Å². The van der Waals surface area contributed by atoms with Crippen molar-refractivity contribution < 1.29 is 44.3 Å². The Morgan fingerprint density at radius 3 is 1.86 bits per heavy atom. The van der Waals surface area contributed by atoms with Crippen molar-refractivity contribution >= 4 is 32.3 Å². The van der Waals surface area contributed by atoms with Crippen molar-refractivity contribution in [3.63, 3.8) is 0 Å². The summed E-state index contributed by atoms with van der Waals surface area (Å²) in [5.74, 6) is -0.0962. The number of nitrogens with one attached hydrogen (secondary N) is 1. The summed E-state index contributed by atoms with van der Waals surface area (Å²) in [6.07, 6.45) is -0.261. The maximum Gasteiger partial charge on any atom is 0.425 e. The summed E-state index contributed by atoms with van der Waals surface area (Å²) >= 11 is 0. The molecule has 12 nitrogen and oxygen atoms in total. The highest BCUT2D eigenvalue weighted by molar-refractivity contribution is 7.87. The molecular weight excluding hydrogens is 528 g/mol. The lowest BCUT2D eigenvalue weighted by molar-refractivity contribution is -0.135. The Kier molecular flexibility index (Phi) is 7.62. The number of amides is 1. The molecule has 2 aliphatic rings. The lowest BCUT2D eigenvalue weighted by Gasteiger charge is -2.33. The fourth-order valence-electron chi connectivity index (χ4n) is 4.32.